The number of aliphatic hydroxyl groups is 1. The van der Waals surface area contributed by atoms with E-state index in [4.69, 9.17) is 9.15 Å². The van der Waals surface area contributed by atoms with Gasteiger partial charge in [0.05, 0.1) is 19.4 Å². The summed E-state index contributed by atoms with van der Waals surface area (Å²) in [5.41, 5.74) is 0. The maximum absolute atomic E-state index is 9.29. The molecule has 0 aliphatic carbocycles. The zero-order valence-corrected chi connectivity index (χ0v) is 9.56. The highest BCUT2D eigenvalue weighted by Gasteiger charge is 2.13. The predicted octanol–water partition coefficient (Wildman–Crippen LogP) is 0.603. The standard InChI is InChI=1S/C11H18N2O3/c1-9(14)10-8-12-11(16-10)2-3-13-4-6-15-7-5-13/h8-9,14H,2-7H2,1H3. The topological polar surface area (TPSA) is 58.7 Å². The molecule has 1 fully saturated rings. The van der Waals surface area contributed by atoms with Gasteiger partial charge in [0.15, 0.2) is 11.7 Å². The molecule has 5 nitrogen and oxygen atoms in total. The summed E-state index contributed by atoms with van der Waals surface area (Å²) < 4.78 is 10.7. The maximum Gasteiger partial charge on any atom is 0.195 e. The van der Waals surface area contributed by atoms with Crippen LogP contribution in [-0.2, 0) is 11.2 Å². The Balaban J connectivity index is 1.79. The molecule has 0 amide bonds. The molecule has 0 spiro atoms. The summed E-state index contributed by atoms with van der Waals surface area (Å²) in [6, 6.07) is 0. The van der Waals surface area contributed by atoms with E-state index in [0.29, 0.717) is 11.7 Å². The van der Waals surface area contributed by atoms with Crippen LogP contribution >= 0.6 is 0 Å². The zero-order valence-electron chi connectivity index (χ0n) is 9.56. The molecule has 1 unspecified atom stereocenters. The largest absolute Gasteiger partial charge is 0.443 e. The van der Waals surface area contributed by atoms with E-state index in [1.54, 1.807) is 13.1 Å². The number of ether oxygens (including phenoxy) is 1. The van der Waals surface area contributed by atoms with Gasteiger partial charge in [-0.15, -0.1) is 0 Å². The lowest BCUT2D eigenvalue weighted by Crippen LogP contribution is -2.37. The molecule has 90 valence electrons. The van der Waals surface area contributed by atoms with Crippen molar-refractivity contribution in [2.45, 2.75) is 19.4 Å². The molecule has 2 heterocycles. The van der Waals surface area contributed by atoms with Crippen LogP contribution in [0.1, 0.15) is 24.7 Å². The van der Waals surface area contributed by atoms with Gasteiger partial charge >= 0.3 is 0 Å². The maximum atomic E-state index is 9.29. The normalized spacial score (nSPS) is 19.9. The third kappa shape index (κ3) is 3.04. The lowest BCUT2D eigenvalue weighted by Gasteiger charge is -2.25. The number of hydrogen-bond donors (Lipinski definition) is 1. The van der Waals surface area contributed by atoms with Crippen molar-refractivity contribution in [3.05, 3.63) is 17.8 Å². The van der Waals surface area contributed by atoms with Gasteiger partial charge in [-0.1, -0.05) is 0 Å². The van der Waals surface area contributed by atoms with Crippen molar-refractivity contribution in [1.29, 1.82) is 0 Å². The Labute approximate surface area is 95.0 Å². The van der Waals surface area contributed by atoms with E-state index in [1.165, 1.54) is 0 Å². The van der Waals surface area contributed by atoms with Crippen LogP contribution in [0.3, 0.4) is 0 Å². The van der Waals surface area contributed by atoms with Gasteiger partial charge in [-0.05, 0) is 6.92 Å². The number of aromatic nitrogens is 1. The van der Waals surface area contributed by atoms with Crippen LogP contribution < -0.4 is 0 Å². The van der Waals surface area contributed by atoms with E-state index in [-0.39, 0.29) is 0 Å². The fourth-order valence-electron chi connectivity index (χ4n) is 1.71. The van der Waals surface area contributed by atoms with E-state index < -0.39 is 6.10 Å². The first-order valence-electron chi connectivity index (χ1n) is 5.68. The van der Waals surface area contributed by atoms with E-state index in [0.717, 1.165) is 39.3 Å². The molecule has 1 aromatic rings. The van der Waals surface area contributed by atoms with Gasteiger partial charge in [0.25, 0.3) is 0 Å². The summed E-state index contributed by atoms with van der Waals surface area (Å²) in [6.07, 6.45) is 1.80. The smallest absolute Gasteiger partial charge is 0.195 e. The molecule has 0 radical (unpaired) electrons. The SMILES string of the molecule is CC(O)c1cnc(CCN2CCOCC2)o1. The van der Waals surface area contributed by atoms with E-state index in [9.17, 15) is 5.11 Å². The molecule has 1 aliphatic rings. The molecule has 0 aromatic carbocycles. The molecule has 1 saturated heterocycles. The quantitative estimate of drug-likeness (QED) is 0.814. The summed E-state index contributed by atoms with van der Waals surface area (Å²) >= 11 is 0. The highest BCUT2D eigenvalue weighted by Crippen LogP contribution is 2.13. The van der Waals surface area contributed by atoms with Crippen molar-refractivity contribution in [1.82, 2.24) is 9.88 Å². The first-order valence-corrected chi connectivity index (χ1v) is 5.68. The molecular weight excluding hydrogens is 208 g/mol. The van der Waals surface area contributed by atoms with Crippen LogP contribution in [0.4, 0.5) is 0 Å². The van der Waals surface area contributed by atoms with Crippen LogP contribution in [-0.4, -0.2) is 47.8 Å². The molecule has 16 heavy (non-hydrogen) atoms. The Morgan fingerprint density at radius 3 is 2.88 bits per heavy atom. The zero-order chi connectivity index (χ0) is 11.4. The molecule has 0 bridgehead atoms. The van der Waals surface area contributed by atoms with Crippen molar-refractivity contribution in [2.24, 2.45) is 0 Å². The van der Waals surface area contributed by atoms with Gasteiger partial charge in [-0.25, -0.2) is 4.98 Å². The fraction of sp³-hybridized carbons (Fsp3) is 0.727. The second kappa shape index (κ2) is 5.43. The Hall–Kier alpha value is -0.910. The second-order valence-electron chi connectivity index (χ2n) is 4.04. The summed E-state index contributed by atoms with van der Waals surface area (Å²) in [5, 5.41) is 9.29. The average Bonchev–Trinajstić information content (AvgIpc) is 2.76. The van der Waals surface area contributed by atoms with Crippen molar-refractivity contribution in [2.75, 3.05) is 32.8 Å². The minimum Gasteiger partial charge on any atom is -0.443 e. The van der Waals surface area contributed by atoms with Crippen molar-refractivity contribution < 1.29 is 14.3 Å². The molecule has 1 N–H and O–H groups in total. The van der Waals surface area contributed by atoms with Crippen LogP contribution in [0.5, 0.6) is 0 Å². The van der Waals surface area contributed by atoms with Gasteiger partial charge in [0.1, 0.15) is 6.10 Å². The lowest BCUT2D eigenvalue weighted by atomic mass is 10.3. The summed E-state index contributed by atoms with van der Waals surface area (Å²) in [7, 11) is 0. The first kappa shape index (κ1) is 11.6. The van der Waals surface area contributed by atoms with Gasteiger partial charge in [-0.2, -0.15) is 0 Å². The Kier molecular flexibility index (Phi) is 3.93. The van der Waals surface area contributed by atoms with E-state index in [1.807, 2.05) is 0 Å². The van der Waals surface area contributed by atoms with Crippen LogP contribution in [0.25, 0.3) is 0 Å². The third-order valence-electron chi connectivity index (χ3n) is 2.73. The van der Waals surface area contributed by atoms with Gasteiger partial charge in [-0.3, -0.25) is 4.90 Å². The summed E-state index contributed by atoms with van der Waals surface area (Å²) in [5.74, 6) is 1.24. The molecule has 2 rings (SSSR count). The Morgan fingerprint density at radius 1 is 1.50 bits per heavy atom. The minimum atomic E-state index is -0.579. The average molecular weight is 226 g/mol. The number of oxazole rings is 1. The minimum absolute atomic E-state index is 0.539. The molecule has 1 aliphatic heterocycles. The predicted molar refractivity (Wildman–Crippen MR) is 58.1 cm³/mol. The lowest BCUT2D eigenvalue weighted by molar-refractivity contribution is 0.0376. The second-order valence-corrected chi connectivity index (χ2v) is 4.04. The monoisotopic (exact) mass is 226 g/mol. The van der Waals surface area contributed by atoms with Crippen molar-refractivity contribution in [3.63, 3.8) is 0 Å². The van der Waals surface area contributed by atoms with E-state index >= 15 is 0 Å². The van der Waals surface area contributed by atoms with E-state index in [2.05, 4.69) is 9.88 Å². The Bertz CT molecular complexity index is 319. The van der Waals surface area contributed by atoms with Crippen LogP contribution in [0, 0.1) is 0 Å². The number of aliphatic hydroxyl groups excluding tert-OH is 1. The van der Waals surface area contributed by atoms with Crippen molar-refractivity contribution in [3.8, 4) is 0 Å². The fourth-order valence-corrected chi connectivity index (χ4v) is 1.71. The first-order chi connectivity index (χ1) is 7.75. The number of nitrogens with zero attached hydrogens (tertiary/aromatic N) is 2. The van der Waals surface area contributed by atoms with Gasteiger partial charge in [0, 0.05) is 26.1 Å². The molecule has 1 aromatic heterocycles. The molecule has 5 heteroatoms. The van der Waals surface area contributed by atoms with Gasteiger partial charge in [0.2, 0.25) is 0 Å². The molecular formula is C11H18N2O3. The highest BCUT2D eigenvalue weighted by molar-refractivity contribution is 4.97. The number of rotatable bonds is 4. The Morgan fingerprint density at radius 2 is 2.25 bits per heavy atom. The van der Waals surface area contributed by atoms with Crippen LogP contribution in [0.2, 0.25) is 0 Å². The molecule has 1 atom stereocenters. The number of hydrogen-bond acceptors (Lipinski definition) is 5. The summed E-state index contributed by atoms with van der Waals surface area (Å²) in [6.45, 7) is 6.18. The summed E-state index contributed by atoms with van der Waals surface area (Å²) in [4.78, 5) is 6.47. The van der Waals surface area contributed by atoms with Crippen LogP contribution in [0.15, 0.2) is 10.6 Å². The number of morpholine rings is 1. The van der Waals surface area contributed by atoms with Crippen molar-refractivity contribution >= 4 is 0 Å². The third-order valence-corrected chi connectivity index (χ3v) is 2.73. The highest BCUT2D eigenvalue weighted by atomic mass is 16.5. The van der Waals surface area contributed by atoms with Gasteiger partial charge < -0.3 is 14.3 Å². The molecule has 0 saturated carbocycles.